The molecule has 0 atom stereocenters. The van der Waals surface area contributed by atoms with Gasteiger partial charge < -0.3 is 14.4 Å². The molecule has 1 aliphatic rings. The van der Waals surface area contributed by atoms with Gasteiger partial charge in [-0.3, -0.25) is 0 Å². The van der Waals surface area contributed by atoms with E-state index in [4.69, 9.17) is 14.5 Å². The van der Waals surface area contributed by atoms with Gasteiger partial charge in [0.2, 0.25) is 5.88 Å². The van der Waals surface area contributed by atoms with Crippen molar-refractivity contribution in [2.45, 2.75) is 39.3 Å². The van der Waals surface area contributed by atoms with Crippen LogP contribution in [-0.4, -0.2) is 35.2 Å². The molecular formula is C22H23BrN2O3S. The minimum atomic E-state index is -0.487. The number of aromatic nitrogens is 1. The Labute approximate surface area is 182 Å². The number of pyridine rings is 1. The lowest BCUT2D eigenvalue weighted by Crippen LogP contribution is -2.39. The van der Waals surface area contributed by atoms with Gasteiger partial charge in [-0.1, -0.05) is 12.1 Å². The van der Waals surface area contributed by atoms with Gasteiger partial charge in [0.15, 0.2) is 0 Å². The Morgan fingerprint density at radius 2 is 2.03 bits per heavy atom. The van der Waals surface area contributed by atoms with Crippen LogP contribution in [-0.2, 0) is 17.7 Å². The van der Waals surface area contributed by atoms with Crippen molar-refractivity contribution < 1.29 is 14.3 Å². The lowest BCUT2D eigenvalue weighted by atomic mass is 9.95. The number of halogens is 1. The second-order valence-corrected chi connectivity index (χ2v) is 9.79. The molecule has 1 aromatic carbocycles. The summed E-state index contributed by atoms with van der Waals surface area (Å²) < 4.78 is 13.0. The molecule has 5 nitrogen and oxygen atoms in total. The van der Waals surface area contributed by atoms with Crippen LogP contribution in [0.1, 0.15) is 31.9 Å². The van der Waals surface area contributed by atoms with Crippen LogP contribution >= 0.6 is 27.3 Å². The maximum absolute atomic E-state index is 12.4. The van der Waals surface area contributed by atoms with E-state index < -0.39 is 5.60 Å². The topological polar surface area (TPSA) is 51.7 Å². The molecule has 4 rings (SSSR count). The first kappa shape index (κ1) is 20.2. The van der Waals surface area contributed by atoms with E-state index in [9.17, 15) is 4.79 Å². The number of carbonyl (C=O) groups excluding carboxylic acids is 1. The number of carbonyl (C=O) groups is 1. The Balaban J connectivity index is 1.66. The summed E-state index contributed by atoms with van der Waals surface area (Å²) in [7, 11) is 1.63. The van der Waals surface area contributed by atoms with Gasteiger partial charge in [-0.25, -0.2) is 9.78 Å². The highest BCUT2D eigenvalue weighted by Crippen LogP contribution is 2.40. The standard InChI is InChI=1S/C22H23BrN2O3S/c1-22(2,3)28-21(26)25-9-7-13-11-14(5-6-15(13)12-25)18-16-8-10-29-19(16)17(23)20(24-18)27-4/h5-6,8,10-11H,7,9,12H2,1-4H3. The molecule has 3 aromatic rings. The maximum Gasteiger partial charge on any atom is 0.410 e. The first-order valence-electron chi connectivity index (χ1n) is 9.47. The van der Waals surface area contributed by atoms with E-state index in [1.807, 2.05) is 20.8 Å². The van der Waals surface area contributed by atoms with E-state index in [-0.39, 0.29) is 6.09 Å². The monoisotopic (exact) mass is 474 g/mol. The molecule has 0 unspecified atom stereocenters. The largest absolute Gasteiger partial charge is 0.480 e. The number of rotatable bonds is 2. The van der Waals surface area contributed by atoms with Crippen molar-refractivity contribution >= 4 is 43.4 Å². The highest BCUT2D eigenvalue weighted by atomic mass is 79.9. The van der Waals surface area contributed by atoms with Crippen molar-refractivity contribution in [1.82, 2.24) is 9.88 Å². The summed E-state index contributed by atoms with van der Waals surface area (Å²) in [6.07, 6.45) is 0.537. The molecule has 0 aliphatic carbocycles. The zero-order valence-electron chi connectivity index (χ0n) is 16.9. The van der Waals surface area contributed by atoms with Crippen LogP contribution in [0.2, 0.25) is 0 Å². The molecule has 2 aromatic heterocycles. The predicted octanol–water partition coefficient (Wildman–Crippen LogP) is 6.03. The Hall–Kier alpha value is -2.12. The van der Waals surface area contributed by atoms with Gasteiger partial charge in [0, 0.05) is 24.0 Å². The van der Waals surface area contributed by atoms with E-state index >= 15 is 0 Å². The first-order valence-corrected chi connectivity index (χ1v) is 11.1. The van der Waals surface area contributed by atoms with Gasteiger partial charge >= 0.3 is 6.09 Å². The second-order valence-electron chi connectivity index (χ2n) is 8.08. The maximum atomic E-state index is 12.4. The zero-order valence-corrected chi connectivity index (χ0v) is 19.3. The molecule has 0 fully saturated rings. The molecule has 0 radical (unpaired) electrons. The summed E-state index contributed by atoms with van der Waals surface area (Å²) in [6.45, 7) is 6.88. The predicted molar refractivity (Wildman–Crippen MR) is 120 cm³/mol. The average Bonchev–Trinajstić information content (AvgIpc) is 3.16. The highest BCUT2D eigenvalue weighted by Gasteiger charge is 2.26. The third kappa shape index (κ3) is 3.98. The number of ether oxygens (including phenoxy) is 2. The van der Waals surface area contributed by atoms with Gasteiger partial charge in [0.25, 0.3) is 0 Å². The smallest absolute Gasteiger partial charge is 0.410 e. The van der Waals surface area contributed by atoms with Crippen LogP contribution in [0.3, 0.4) is 0 Å². The molecule has 1 aliphatic heterocycles. The molecule has 0 saturated carbocycles. The molecule has 0 spiro atoms. The number of benzene rings is 1. The molecule has 0 bridgehead atoms. The lowest BCUT2D eigenvalue weighted by molar-refractivity contribution is 0.0224. The van der Waals surface area contributed by atoms with Crippen molar-refractivity contribution in [1.29, 1.82) is 0 Å². The Morgan fingerprint density at radius 3 is 2.76 bits per heavy atom. The summed E-state index contributed by atoms with van der Waals surface area (Å²) in [4.78, 5) is 18.9. The zero-order chi connectivity index (χ0) is 20.8. The van der Waals surface area contributed by atoms with Crippen LogP contribution in [0.4, 0.5) is 4.79 Å². The summed E-state index contributed by atoms with van der Waals surface area (Å²) in [6, 6.07) is 8.45. The summed E-state index contributed by atoms with van der Waals surface area (Å²) >= 11 is 5.27. The number of fused-ring (bicyclic) bond motifs is 2. The minimum absolute atomic E-state index is 0.258. The molecular weight excluding hydrogens is 452 g/mol. The van der Waals surface area contributed by atoms with Gasteiger partial charge in [-0.05, 0) is 71.8 Å². The normalized spacial score (nSPS) is 14.0. The van der Waals surface area contributed by atoms with E-state index in [0.717, 1.165) is 37.8 Å². The van der Waals surface area contributed by atoms with E-state index in [0.29, 0.717) is 19.0 Å². The Morgan fingerprint density at radius 1 is 1.24 bits per heavy atom. The van der Waals surface area contributed by atoms with Gasteiger partial charge in [-0.2, -0.15) is 0 Å². The van der Waals surface area contributed by atoms with Crippen LogP contribution in [0.25, 0.3) is 21.3 Å². The number of hydrogen-bond acceptors (Lipinski definition) is 5. The van der Waals surface area contributed by atoms with Crippen molar-refractivity contribution in [3.05, 3.63) is 45.2 Å². The number of hydrogen-bond donors (Lipinski definition) is 0. The van der Waals surface area contributed by atoms with Crippen LogP contribution in [0, 0.1) is 0 Å². The molecule has 0 saturated heterocycles. The summed E-state index contributed by atoms with van der Waals surface area (Å²) in [5.74, 6) is 0.587. The fourth-order valence-electron chi connectivity index (χ4n) is 3.51. The number of thiophene rings is 1. The highest BCUT2D eigenvalue weighted by molar-refractivity contribution is 9.10. The van der Waals surface area contributed by atoms with Crippen molar-refractivity contribution in [3.63, 3.8) is 0 Å². The summed E-state index contributed by atoms with van der Waals surface area (Å²) in [5, 5.41) is 3.17. The second kappa shape index (κ2) is 7.61. The van der Waals surface area contributed by atoms with Crippen molar-refractivity contribution in [3.8, 4) is 17.1 Å². The van der Waals surface area contributed by atoms with Gasteiger partial charge in [0.05, 0.1) is 22.0 Å². The molecule has 7 heteroatoms. The lowest BCUT2D eigenvalue weighted by Gasteiger charge is -2.31. The van der Waals surface area contributed by atoms with E-state index in [2.05, 4.69) is 45.6 Å². The molecule has 1 amide bonds. The SMILES string of the molecule is COc1nc(-c2ccc3c(c2)CCN(C(=O)OC(C)(C)C)C3)c2ccsc2c1Br. The van der Waals surface area contributed by atoms with Crippen molar-refractivity contribution in [2.24, 2.45) is 0 Å². The fourth-order valence-corrected chi connectivity index (χ4v) is 5.08. The first-order chi connectivity index (χ1) is 13.8. The average molecular weight is 475 g/mol. The molecule has 0 N–H and O–H groups in total. The van der Waals surface area contributed by atoms with E-state index in [1.165, 1.54) is 5.56 Å². The van der Waals surface area contributed by atoms with Crippen LogP contribution < -0.4 is 4.74 Å². The Bertz CT molecular complexity index is 1090. The van der Waals surface area contributed by atoms with Gasteiger partial charge in [-0.15, -0.1) is 11.3 Å². The van der Waals surface area contributed by atoms with E-state index in [1.54, 1.807) is 23.3 Å². The third-order valence-electron chi connectivity index (χ3n) is 4.86. The molecule has 152 valence electrons. The minimum Gasteiger partial charge on any atom is -0.480 e. The summed E-state index contributed by atoms with van der Waals surface area (Å²) in [5.41, 5.74) is 3.88. The van der Waals surface area contributed by atoms with Crippen LogP contribution in [0.5, 0.6) is 5.88 Å². The van der Waals surface area contributed by atoms with Crippen molar-refractivity contribution in [2.75, 3.05) is 13.7 Å². The Kier molecular flexibility index (Phi) is 5.29. The number of amides is 1. The molecule has 29 heavy (non-hydrogen) atoms. The number of nitrogens with zero attached hydrogens (tertiary/aromatic N) is 2. The number of methoxy groups -OCH3 is 1. The quantitative estimate of drug-likeness (QED) is 0.454. The van der Waals surface area contributed by atoms with Crippen LogP contribution in [0.15, 0.2) is 34.1 Å². The third-order valence-corrected chi connectivity index (χ3v) is 6.79. The van der Waals surface area contributed by atoms with Gasteiger partial charge in [0.1, 0.15) is 5.60 Å². The molecule has 3 heterocycles. The fraction of sp³-hybridized carbons (Fsp3) is 0.364.